The number of benzene rings is 2. The summed E-state index contributed by atoms with van der Waals surface area (Å²) >= 11 is 0. The summed E-state index contributed by atoms with van der Waals surface area (Å²) in [5.41, 5.74) is 0.710. The summed E-state index contributed by atoms with van der Waals surface area (Å²) in [6.45, 7) is 3.65. The van der Waals surface area contributed by atoms with Crippen molar-refractivity contribution in [3.8, 4) is 11.5 Å². The van der Waals surface area contributed by atoms with Gasteiger partial charge >= 0.3 is 0 Å². The molecule has 2 aromatic rings. The number of rotatable bonds is 6. The van der Waals surface area contributed by atoms with Gasteiger partial charge in [-0.2, -0.15) is 0 Å². The smallest absolute Gasteiger partial charge is 0.238 e. The van der Waals surface area contributed by atoms with E-state index in [1.54, 1.807) is 0 Å². The average Bonchev–Trinajstić information content (AvgIpc) is 2.64. The minimum absolute atomic E-state index is 0.0180. The van der Waals surface area contributed by atoms with Crippen LogP contribution in [0.15, 0.2) is 54.6 Å². The van der Waals surface area contributed by atoms with Crippen LogP contribution in [0.25, 0.3) is 0 Å². The SMILES string of the molecule is CC[C@H]1CCCCN1CC(=O)Nc1ccccc1Oc1ccccc1. The van der Waals surface area contributed by atoms with Gasteiger partial charge in [0.15, 0.2) is 5.75 Å². The molecule has 0 unspecified atom stereocenters. The number of piperidine rings is 1. The number of ether oxygens (including phenoxy) is 1. The third-order valence-electron chi connectivity index (χ3n) is 4.70. The molecule has 132 valence electrons. The van der Waals surface area contributed by atoms with Gasteiger partial charge in [-0.05, 0) is 50.1 Å². The van der Waals surface area contributed by atoms with Crippen LogP contribution in [0.5, 0.6) is 11.5 Å². The zero-order valence-electron chi connectivity index (χ0n) is 14.8. The van der Waals surface area contributed by atoms with Crippen molar-refractivity contribution in [1.82, 2.24) is 4.90 Å². The van der Waals surface area contributed by atoms with E-state index in [2.05, 4.69) is 17.1 Å². The molecule has 25 heavy (non-hydrogen) atoms. The molecule has 1 aliphatic heterocycles. The van der Waals surface area contributed by atoms with Crippen LogP contribution in [0.3, 0.4) is 0 Å². The number of likely N-dealkylation sites (tertiary alicyclic amines) is 1. The summed E-state index contributed by atoms with van der Waals surface area (Å²) in [7, 11) is 0. The third kappa shape index (κ3) is 4.83. The van der Waals surface area contributed by atoms with E-state index in [0.717, 1.165) is 18.7 Å². The van der Waals surface area contributed by atoms with E-state index in [1.807, 2.05) is 54.6 Å². The van der Waals surface area contributed by atoms with Crippen molar-refractivity contribution in [1.29, 1.82) is 0 Å². The van der Waals surface area contributed by atoms with Crippen molar-refractivity contribution < 1.29 is 9.53 Å². The van der Waals surface area contributed by atoms with Gasteiger partial charge in [-0.1, -0.05) is 43.7 Å². The molecule has 1 fully saturated rings. The van der Waals surface area contributed by atoms with E-state index in [9.17, 15) is 4.79 Å². The largest absolute Gasteiger partial charge is 0.455 e. The number of nitrogens with one attached hydrogen (secondary N) is 1. The van der Waals surface area contributed by atoms with E-state index < -0.39 is 0 Å². The maximum absolute atomic E-state index is 12.5. The van der Waals surface area contributed by atoms with E-state index in [0.29, 0.717) is 24.0 Å². The Balaban J connectivity index is 1.65. The molecule has 1 N–H and O–H groups in total. The standard InChI is InChI=1S/C21H26N2O2/c1-2-17-10-8-9-15-23(17)16-21(24)22-19-13-6-7-14-20(19)25-18-11-4-3-5-12-18/h3-7,11-14,17H,2,8-10,15-16H2,1H3,(H,22,24)/t17-/m0/s1. The molecule has 4 nitrogen and oxygen atoms in total. The van der Waals surface area contributed by atoms with Crippen molar-refractivity contribution >= 4 is 11.6 Å². The van der Waals surface area contributed by atoms with Crippen LogP contribution in [-0.4, -0.2) is 29.9 Å². The van der Waals surface area contributed by atoms with Crippen molar-refractivity contribution in [2.75, 3.05) is 18.4 Å². The molecule has 0 saturated carbocycles. The van der Waals surface area contributed by atoms with Gasteiger partial charge in [-0.25, -0.2) is 0 Å². The topological polar surface area (TPSA) is 41.6 Å². The summed E-state index contributed by atoms with van der Waals surface area (Å²) in [6, 6.07) is 17.7. The molecule has 3 rings (SSSR count). The molecular weight excluding hydrogens is 312 g/mol. The summed E-state index contributed by atoms with van der Waals surface area (Å²) < 4.78 is 5.91. The van der Waals surface area contributed by atoms with Gasteiger partial charge in [-0.15, -0.1) is 0 Å². The monoisotopic (exact) mass is 338 g/mol. The van der Waals surface area contributed by atoms with Gasteiger partial charge in [-0.3, -0.25) is 9.69 Å². The normalized spacial score (nSPS) is 17.9. The highest BCUT2D eigenvalue weighted by atomic mass is 16.5. The number of hydrogen-bond acceptors (Lipinski definition) is 3. The van der Waals surface area contributed by atoms with Crippen LogP contribution in [0, 0.1) is 0 Å². The molecule has 1 saturated heterocycles. The molecule has 1 heterocycles. The summed E-state index contributed by atoms with van der Waals surface area (Å²) in [6.07, 6.45) is 4.74. The lowest BCUT2D eigenvalue weighted by atomic mass is 10.00. The van der Waals surface area contributed by atoms with Crippen molar-refractivity contribution in [2.45, 2.75) is 38.6 Å². The molecule has 0 radical (unpaired) electrons. The summed E-state index contributed by atoms with van der Waals surface area (Å²) in [5.74, 6) is 1.43. The quantitative estimate of drug-likeness (QED) is 0.831. The van der Waals surface area contributed by atoms with Gasteiger partial charge in [0, 0.05) is 6.04 Å². The number of carbonyl (C=O) groups excluding carboxylic acids is 1. The fourth-order valence-electron chi connectivity index (χ4n) is 3.38. The van der Waals surface area contributed by atoms with Crippen molar-refractivity contribution in [3.63, 3.8) is 0 Å². The van der Waals surface area contributed by atoms with Gasteiger partial charge in [0.2, 0.25) is 5.91 Å². The van der Waals surface area contributed by atoms with Gasteiger partial charge < -0.3 is 10.1 Å². The summed E-state index contributed by atoms with van der Waals surface area (Å²) in [4.78, 5) is 14.8. The van der Waals surface area contributed by atoms with E-state index in [-0.39, 0.29) is 5.91 Å². The second kappa shape index (κ2) is 8.67. The molecular formula is C21H26N2O2. The Hall–Kier alpha value is -2.33. The van der Waals surface area contributed by atoms with Crippen molar-refractivity contribution in [3.05, 3.63) is 54.6 Å². The van der Waals surface area contributed by atoms with Crippen LogP contribution in [0.1, 0.15) is 32.6 Å². The Morgan fingerprint density at radius 2 is 1.88 bits per heavy atom. The maximum Gasteiger partial charge on any atom is 0.238 e. The number of hydrogen-bond donors (Lipinski definition) is 1. The number of para-hydroxylation sites is 3. The Morgan fingerprint density at radius 3 is 2.68 bits per heavy atom. The minimum Gasteiger partial charge on any atom is -0.455 e. The van der Waals surface area contributed by atoms with Gasteiger partial charge in [0.05, 0.1) is 12.2 Å². The number of anilines is 1. The zero-order chi connectivity index (χ0) is 17.5. The lowest BCUT2D eigenvalue weighted by Crippen LogP contribution is -2.43. The fraction of sp³-hybridized carbons (Fsp3) is 0.381. The van der Waals surface area contributed by atoms with Crippen LogP contribution < -0.4 is 10.1 Å². The Labute approximate surface area is 149 Å². The zero-order valence-corrected chi connectivity index (χ0v) is 14.8. The number of carbonyl (C=O) groups is 1. The van der Waals surface area contributed by atoms with Crippen LogP contribution in [0.2, 0.25) is 0 Å². The minimum atomic E-state index is 0.0180. The van der Waals surface area contributed by atoms with Crippen LogP contribution >= 0.6 is 0 Å². The highest BCUT2D eigenvalue weighted by Crippen LogP contribution is 2.29. The number of nitrogens with zero attached hydrogens (tertiary/aromatic N) is 1. The molecule has 4 heteroatoms. The molecule has 0 aromatic heterocycles. The Morgan fingerprint density at radius 1 is 1.12 bits per heavy atom. The molecule has 1 amide bonds. The average molecular weight is 338 g/mol. The first-order valence-corrected chi connectivity index (χ1v) is 9.12. The van der Waals surface area contributed by atoms with Gasteiger partial charge in [0.1, 0.15) is 5.75 Å². The maximum atomic E-state index is 12.5. The molecule has 0 spiro atoms. The highest BCUT2D eigenvalue weighted by Gasteiger charge is 2.23. The molecule has 1 aliphatic rings. The summed E-state index contributed by atoms with van der Waals surface area (Å²) in [5, 5.41) is 3.02. The second-order valence-electron chi connectivity index (χ2n) is 6.49. The van der Waals surface area contributed by atoms with E-state index in [4.69, 9.17) is 4.74 Å². The lowest BCUT2D eigenvalue weighted by Gasteiger charge is -2.34. The van der Waals surface area contributed by atoms with Crippen LogP contribution in [0.4, 0.5) is 5.69 Å². The second-order valence-corrected chi connectivity index (χ2v) is 6.49. The highest BCUT2D eigenvalue weighted by molar-refractivity contribution is 5.93. The van der Waals surface area contributed by atoms with E-state index in [1.165, 1.54) is 19.3 Å². The van der Waals surface area contributed by atoms with E-state index >= 15 is 0 Å². The predicted molar refractivity (Wildman–Crippen MR) is 101 cm³/mol. The van der Waals surface area contributed by atoms with Crippen molar-refractivity contribution in [2.24, 2.45) is 0 Å². The first-order valence-electron chi connectivity index (χ1n) is 9.12. The molecule has 0 aliphatic carbocycles. The molecule has 1 atom stereocenters. The first-order chi connectivity index (χ1) is 12.3. The Kier molecular flexibility index (Phi) is 6.07. The molecule has 0 bridgehead atoms. The lowest BCUT2D eigenvalue weighted by molar-refractivity contribution is -0.118. The predicted octanol–water partition coefficient (Wildman–Crippen LogP) is 4.68. The van der Waals surface area contributed by atoms with Crippen LogP contribution in [-0.2, 0) is 4.79 Å². The van der Waals surface area contributed by atoms with Gasteiger partial charge in [0.25, 0.3) is 0 Å². The molecule has 2 aromatic carbocycles. The Bertz CT molecular complexity index is 687. The third-order valence-corrected chi connectivity index (χ3v) is 4.70. The number of amides is 1. The first kappa shape index (κ1) is 17.5. The fourth-order valence-corrected chi connectivity index (χ4v) is 3.38.